The third-order valence-corrected chi connectivity index (χ3v) is 5.94. The minimum Gasteiger partial charge on any atom is -0.374 e. The zero-order valence-electron chi connectivity index (χ0n) is 13.1. The van der Waals surface area contributed by atoms with Crippen LogP contribution < -0.4 is 5.73 Å². The summed E-state index contributed by atoms with van der Waals surface area (Å²) in [4.78, 5) is 0.340. The topological polar surface area (TPSA) is 72.6 Å². The number of hydrogen-bond acceptors (Lipinski definition) is 4. The average molecular weight is 349 g/mol. The van der Waals surface area contributed by atoms with Crippen molar-refractivity contribution in [2.45, 2.75) is 37.2 Å². The lowest BCUT2D eigenvalue weighted by molar-refractivity contribution is 0.00450. The molecule has 1 fully saturated rings. The molecule has 2 atom stereocenters. The molecule has 1 aromatic rings. The van der Waals surface area contributed by atoms with E-state index in [2.05, 4.69) is 13.8 Å². The molecule has 1 aromatic carbocycles. The summed E-state index contributed by atoms with van der Waals surface area (Å²) in [6.07, 6.45) is 0.821. The summed E-state index contributed by atoms with van der Waals surface area (Å²) in [5, 5.41) is 0. The lowest BCUT2D eigenvalue weighted by Gasteiger charge is -2.31. The quantitative estimate of drug-likeness (QED) is 0.883. The molecule has 0 aromatic heterocycles. The minimum absolute atomic E-state index is 0. The molecular weight excluding hydrogens is 324 g/mol. The van der Waals surface area contributed by atoms with E-state index in [1.165, 1.54) is 9.87 Å². The molecule has 0 amide bonds. The van der Waals surface area contributed by atoms with Gasteiger partial charge in [-0.1, -0.05) is 26.0 Å². The molecule has 2 unspecified atom stereocenters. The van der Waals surface area contributed by atoms with E-state index >= 15 is 0 Å². The number of ether oxygens (including phenoxy) is 1. The Morgan fingerprint density at radius 2 is 2.00 bits per heavy atom. The largest absolute Gasteiger partial charge is 0.374 e. The van der Waals surface area contributed by atoms with Crippen molar-refractivity contribution < 1.29 is 13.2 Å². The van der Waals surface area contributed by atoms with Crippen LogP contribution in [0.1, 0.15) is 31.7 Å². The second kappa shape index (κ2) is 8.26. The van der Waals surface area contributed by atoms with Crippen LogP contribution in [0.15, 0.2) is 29.2 Å². The molecule has 22 heavy (non-hydrogen) atoms. The Hall–Kier alpha value is -0.660. The number of rotatable bonds is 5. The van der Waals surface area contributed by atoms with E-state index in [0.717, 1.165) is 6.42 Å². The SMILES string of the molecule is CCC(C)c1ccc(S(=O)(=O)N2CCOC(CN)C2)cc1.Cl. The van der Waals surface area contributed by atoms with Gasteiger partial charge in [-0.2, -0.15) is 4.31 Å². The highest BCUT2D eigenvalue weighted by Gasteiger charge is 2.30. The van der Waals surface area contributed by atoms with Crippen molar-refractivity contribution in [3.05, 3.63) is 29.8 Å². The molecule has 0 radical (unpaired) electrons. The van der Waals surface area contributed by atoms with Gasteiger partial charge in [0.05, 0.1) is 17.6 Å². The van der Waals surface area contributed by atoms with E-state index in [-0.39, 0.29) is 18.5 Å². The van der Waals surface area contributed by atoms with E-state index < -0.39 is 10.0 Å². The smallest absolute Gasteiger partial charge is 0.243 e. The predicted octanol–water partition coefficient (Wildman–Crippen LogP) is 1.97. The number of hydrogen-bond donors (Lipinski definition) is 1. The highest BCUT2D eigenvalue weighted by molar-refractivity contribution is 7.89. The van der Waals surface area contributed by atoms with E-state index in [9.17, 15) is 8.42 Å². The molecular formula is C15H25ClN2O3S. The lowest BCUT2D eigenvalue weighted by atomic mass is 9.99. The first kappa shape index (κ1) is 19.4. The van der Waals surface area contributed by atoms with Crippen LogP contribution in [0.2, 0.25) is 0 Å². The molecule has 1 heterocycles. The molecule has 2 N–H and O–H groups in total. The fraction of sp³-hybridized carbons (Fsp3) is 0.600. The van der Waals surface area contributed by atoms with Gasteiger partial charge in [-0.25, -0.2) is 8.42 Å². The summed E-state index contributed by atoms with van der Waals surface area (Å²) < 4.78 is 32.1. The predicted molar refractivity (Wildman–Crippen MR) is 89.9 cm³/mol. The van der Waals surface area contributed by atoms with Crippen LogP contribution in [0.25, 0.3) is 0 Å². The normalized spacial score (nSPS) is 21.1. The Labute approximate surface area is 139 Å². The van der Waals surface area contributed by atoms with Crippen LogP contribution in [0, 0.1) is 0 Å². The van der Waals surface area contributed by atoms with Gasteiger partial charge in [0, 0.05) is 19.6 Å². The van der Waals surface area contributed by atoms with Crippen molar-refractivity contribution in [2.75, 3.05) is 26.2 Å². The van der Waals surface area contributed by atoms with Crippen molar-refractivity contribution >= 4 is 22.4 Å². The van der Waals surface area contributed by atoms with E-state index in [0.29, 0.717) is 37.1 Å². The molecule has 1 saturated heterocycles. The van der Waals surface area contributed by atoms with Gasteiger partial charge in [-0.15, -0.1) is 12.4 Å². The van der Waals surface area contributed by atoms with Crippen molar-refractivity contribution in [3.8, 4) is 0 Å². The maximum atomic E-state index is 12.6. The summed E-state index contributed by atoms with van der Waals surface area (Å²) in [7, 11) is -3.46. The fourth-order valence-corrected chi connectivity index (χ4v) is 3.86. The van der Waals surface area contributed by atoms with Gasteiger partial charge in [-0.3, -0.25) is 0 Å². The summed E-state index contributed by atoms with van der Waals surface area (Å²) in [6.45, 7) is 5.69. The summed E-state index contributed by atoms with van der Waals surface area (Å²) >= 11 is 0. The van der Waals surface area contributed by atoms with Gasteiger partial charge in [0.1, 0.15) is 0 Å². The van der Waals surface area contributed by atoms with E-state index in [1.807, 2.05) is 12.1 Å². The zero-order valence-corrected chi connectivity index (χ0v) is 14.7. The minimum atomic E-state index is -3.46. The molecule has 0 saturated carbocycles. The molecule has 5 nitrogen and oxygen atoms in total. The second-order valence-corrected chi connectivity index (χ2v) is 7.41. The van der Waals surface area contributed by atoms with Crippen LogP contribution in [0.5, 0.6) is 0 Å². The van der Waals surface area contributed by atoms with Gasteiger partial charge in [0.25, 0.3) is 0 Å². The fourth-order valence-electron chi connectivity index (χ4n) is 2.41. The number of nitrogens with zero attached hydrogens (tertiary/aromatic N) is 1. The molecule has 1 aliphatic heterocycles. The molecule has 7 heteroatoms. The van der Waals surface area contributed by atoms with Crippen LogP contribution in [-0.4, -0.2) is 45.1 Å². The number of benzene rings is 1. The standard InChI is InChI=1S/C15H24N2O3S.ClH/c1-3-12(2)13-4-6-15(7-5-13)21(18,19)17-8-9-20-14(10-16)11-17;/h4-7,12,14H,3,8-11,16H2,1-2H3;1H. The van der Waals surface area contributed by atoms with Gasteiger partial charge in [0.15, 0.2) is 0 Å². The number of nitrogens with two attached hydrogens (primary N) is 1. The lowest BCUT2D eigenvalue weighted by Crippen LogP contribution is -2.48. The molecule has 1 aliphatic rings. The second-order valence-electron chi connectivity index (χ2n) is 5.47. The Balaban J connectivity index is 0.00000242. The number of morpholine rings is 1. The van der Waals surface area contributed by atoms with E-state index in [1.54, 1.807) is 12.1 Å². The summed E-state index contributed by atoms with van der Waals surface area (Å²) in [6, 6.07) is 7.21. The monoisotopic (exact) mass is 348 g/mol. The van der Waals surface area contributed by atoms with Crippen molar-refractivity contribution in [1.29, 1.82) is 0 Å². The Morgan fingerprint density at radius 1 is 1.36 bits per heavy atom. The Kier molecular flexibility index (Phi) is 7.28. The van der Waals surface area contributed by atoms with Crippen molar-refractivity contribution in [3.63, 3.8) is 0 Å². The van der Waals surface area contributed by atoms with Gasteiger partial charge >= 0.3 is 0 Å². The maximum Gasteiger partial charge on any atom is 0.243 e. The third kappa shape index (κ3) is 4.20. The van der Waals surface area contributed by atoms with Crippen molar-refractivity contribution in [1.82, 2.24) is 4.31 Å². The average Bonchev–Trinajstić information content (AvgIpc) is 2.54. The first-order valence-corrected chi connectivity index (χ1v) is 8.84. The van der Waals surface area contributed by atoms with Gasteiger partial charge in [0.2, 0.25) is 10.0 Å². The van der Waals surface area contributed by atoms with E-state index in [4.69, 9.17) is 10.5 Å². The number of sulfonamides is 1. The van der Waals surface area contributed by atoms with Gasteiger partial charge in [-0.05, 0) is 30.0 Å². The molecule has 126 valence electrons. The van der Waals surface area contributed by atoms with Gasteiger partial charge < -0.3 is 10.5 Å². The number of halogens is 1. The highest BCUT2D eigenvalue weighted by Crippen LogP contribution is 2.23. The Morgan fingerprint density at radius 3 is 2.55 bits per heavy atom. The summed E-state index contributed by atoms with van der Waals surface area (Å²) in [5.41, 5.74) is 6.73. The van der Waals surface area contributed by atoms with Crippen LogP contribution in [0.4, 0.5) is 0 Å². The Bertz CT molecular complexity index is 563. The molecule has 0 aliphatic carbocycles. The maximum absolute atomic E-state index is 12.6. The third-order valence-electron chi connectivity index (χ3n) is 4.06. The van der Waals surface area contributed by atoms with Crippen LogP contribution in [-0.2, 0) is 14.8 Å². The van der Waals surface area contributed by atoms with Crippen molar-refractivity contribution in [2.24, 2.45) is 5.73 Å². The summed E-state index contributed by atoms with van der Waals surface area (Å²) in [5.74, 6) is 0.437. The van der Waals surface area contributed by atoms with Crippen LogP contribution >= 0.6 is 12.4 Å². The van der Waals surface area contributed by atoms with Crippen LogP contribution in [0.3, 0.4) is 0 Å². The first-order chi connectivity index (χ1) is 9.98. The zero-order chi connectivity index (χ0) is 15.5. The molecule has 0 bridgehead atoms. The first-order valence-electron chi connectivity index (χ1n) is 7.40. The molecule has 2 rings (SSSR count). The molecule has 0 spiro atoms. The highest BCUT2D eigenvalue weighted by atomic mass is 35.5.